The molecule has 1 aliphatic rings. The van der Waals surface area contributed by atoms with Gasteiger partial charge < -0.3 is 15.4 Å². The Hall–Kier alpha value is -2.33. The molecule has 0 fully saturated rings. The fourth-order valence-corrected chi connectivity index (χ4v) is 2.45. The normalized spacial score (nSPS) is 14.9. The average Bonchev–Trinajstić information content (AvgIpc) is 2.49. The molecule has 2 aromatic carbocycles. The lowest BCUT2D eigenvalue weighted by molar-refractivity contribution is -0.118. The van der Waals surface area contributed by atoms with E-state index in [1.165, 1.54) is 5.56 Å². The van der Waals surface area contributed by atoms with Crippen LogP contribution in [0.3, 0.4) is 0 Å². The Morgan fingerprint density at radius 1 is 1.15 bits per heavy atom. The maximum atomic E-state index is 11.4. The molecule has 0 radical (unpaired) electrons. The van der Waals surface area contributed by atoms with E-state index in [-0.39, 0.29) is 18.6 Å². The molecule has 0 saturated carbocycles. The van der Waals surface area contributed by atoms with Crippen LogP contribution in [0.25, 0.3) is 0 Å². The summed E-state index contributed by atoms with van der Waals surface area (Å²) in [4.78, 5) is 11.4. The molecule has 2 aromatic rings. The van der Waals surface area contributed by atoms with Crippen molar-refractivity contribution in [3.05, 3.63) is 59.7 Å². The highest BCUT2D eigenvalue weighted by molar-refractivity contribution is 5.95. The number of ether oxygens (including phenoxy) is 1. The zero-order valence-electron chi connectivity index (χ0n) is 11.2. The lowest BCUT2D eigenvalue weighted by atomic mass is 9.98. The molecule has 1 atom stereocenters. The van der Waals surface area contributed by atoms with Gasteiger partial charge in [0.2, 0.25) is 0 Å². The maximum Gasteiger partial charge on any atom is 0.262 e. The molecule has 20 heavy (non-hydrogen) atoms. The fraction of sp³-hybridized carbons (Fsp3) is 0.188. The second kappa shape index (κ2) is 5.35. The minimum Gasteiger partial charge on any atom is -0.482 e. The molecule has 1 heterocycles. The number of nitrogens with one attached hydrogen (secondary N) is 2. The van der Waals surface area contributed by atoms with Crippen LogP contribution >= 0.6 is 0 Å². The average molecular weight is 268 g/mol. The zero-order chi connectivity index (χ0) is 13.9. The van der Waals surface area contributed by atoms with E-state index in [1.807, 2.05) is 43.4 Å². The van der Waals surface area contributed by atoms with Gasteiger partial charge >= 0.3 is 0 Å². The summed E-state index contributed by atoms with van der Waals surface area (Å²) < 4.78 is 5.38. The van der Waals surface area contributed by atoms with Crippen LogP contribution in [0, 0.1) is 0 Å². The van der Waals surface area contributed by atoms with Crippen molar-refractivity contribution in [1.29, 1.82) is 0 Å². The quantitative estimate of drug-likeness (QED) is 0.898. The molecule has 2 N–H and O–H groups in total. The first kappa shape index (κ1) is 12.7. The number of amides is 1. The number of hydrogen-bond acceptors (Lipinski definition) is 3. The lowest BCUT2D eigenvalue weighted by Crippen LogP contribution is -2.26. The van der Waals surface area contributed by atoms with E-state index in [2.05, 4.69) is 22.8 Å². The Morgan fingerprint density at radius 2 is 1.95 bits per heavy atom. The highest BCUT2D eigenvalue weighted by Gasteiger charge is 2.19. The predicted octanol–water partition coefficient (Wildman–Crippen LogP) is 2.33. The molecule has 0 aromatic heterocycles. The number of hydrogen-bond donors (Lipinski definition) is 2. The predicted molar refractivity (Wildman–Crippen MR) is 77.9 cm³/mol. The Morgan fingerprint density at radius 3 is 2.70 bits per heavy atom. The van der Waals surface area contributed by atoms with Crippen LogP contribution in [0.15, 0.2) is 48.5 Å². The monoisotopic (exact) mass is 268 g/mol. The fourth-order valence-electron chi connectivity index (χ4n) is 2.45. The van der Waals surface area contributed by atoms with Gasteiger partial charge in [-0.15, -0.1) is 0 Å². The van der Waals surface area contributed by atoms with Gasteiger partial charge in [-0.1, -0.05) is 36.4 Å². The van der Waals surface area contributed by atoms with E-state index < -0.39 is 0 Å². The Labute approximate surface area is 117 Å². The second-order valence-corrected chi connectivity index (χ2v) is 4.72. The number of fused-ring (bicyclic) bond motifs is 1. The van der Waals surface area contributed by atoms with Crippen molar-refractivity contribution in [3.63, 3.8) is 0 Å². The van der Waals surface area contributed by atoms with Crippen LogP contribution < -0.4 is 15.4 Å². The third-order valence-electron chi connectivity index (χ3n) is 3.39. The van der Waals surface area contributed by atoms with Gasteiger partial charge in [-0.2, -0.15) is 0 Å². The molecular weight excluding hydrogens is 252 g/mol. The molecule has 4 heteroatoms. The molecule has 1 aliphatic heterocycles. The first-order valence-corrected chi connectivity index (χ1v) is 6.57. The number of benzene rings is 2. The van der Waals surface area contributed by atoms with E-state index in [4.69, 9.17) is 4.74 Å². The van der Waals surface area contributed by atoms with Crippen LogP contribution in [-0.4, -0.2) is 19.6 Å². The SMILES string of the molecule is CNC(c1ccccc1)c1ccc2c(c1)NC(=O)CO2. The molecule has 0 aliphatic carbocycles. The van der Waals surface area contributed by atoms with Gasteiger partial charge in [0.25, 0.3) is 5.91 Å². The van der Waals surface area contributed by atoms with E-state index in [0.717, 1.165) is 17.0 Å². The third kappa shape index (κ3) is 2.38. The Balaban J connectivity index is 1.97. The lowest BCUT2D eigenvalue weighted by Gasteiger charge is -2.22. The number of carbonyl (C=O) groups is 1. The van der Waals surface area contributed by atoms with Crippen LogP contribution in [0.4, 0.5) is 5.69 Å². The minimum atomic E-state index is -0.115. The van der Waals surface area contributed by atoms with Crippen LogP contribution in [-0.2, 0) is 4.79 Å². The van der Waals surface area contributed by atoms with Crippen molar-refractivity contribution in [1.82, 2.24) is 5.32 Å². The highest BCUT2D eigenvalue weighted by Crippen LogP contribution is 2.32. The van der Waals surface area contributed by atoms with E-state index >= 15 is 0 Å². The summed E-state index contributed by atoms with van der Waals surface area (Å²) in [5.41, 5.74) is 3.00. The number of anilines is 1. The first-order valence-electron chi connectivity index (χ1n) is 6.57. The van der Waals surface area contributed by atoms with Crippen molar-refractivity contribution in [2.45, 2.75) is 6.04 Å². The van der Waals surface area contributed by atoms with Gasteiger partial charge in [0.05, 0.1) is 11.7 Å². The van der Waals surface area contributed by atoms with E-state index in [0.29, 0.717) is 0 Å². The first-order chi connectivity index (χ1) is 9.78. The summed E-state index contributed by atoms with van der Waals surface area (Å²) in [6, 6.07) is 16.1. The molecule has 0 saturated heterocycles. The van der Waals surface area contributed by atoms with E-state index in [9.17, 15) is 4.79 Å². The third-order valence-corrected chi connectivity index (χ3v) is 3.39. The van der Waals surface area contributed by atoms with Crippen LogP contribution in [0.5, 0.6) is 5.75 Å². The second-order valence-electron chi connectivity index (χ2n) is 4.72. The molecule has 102 valence electrons. The number of carbonyl (C=O) groups excluding carboxylic acids is 1. The van der Waals surface area contributed by atoms with Crippen LogP contribution in [0.1, 0.15) is 17.2 Å². The summed E-state index contributed by atoms with van der Waals surface area (Å²) in [5.74, 6) is 0.603. The van der Waals surface area contributed by atoms with Gasteiger partial charge in [-0.25, -0.2) is 0 Å². The smallest absolute Gasteiger partial charge is 0.262 e. The highest BCUT2D eigenvalue weighted by atomic mass is 16.5. The van der Waals surface area contributed by atoms with Gasteiger partial charge in [0.1, 0.15) is 5.75 Å². The molecule has 0 bridgehead atoms. The zero-order valence-corrected chi connectivity index (χ0v) is 11.2. The Kier molecular flexibility index (Phi) is 3.39. The summed E-state index contributed by atoms with van der Waals surface area (Å²) in [5, 5.41) is 6.14. The van der Waals surface area contributed by atoms with Gasteiger partial charge in [-0.3, -0.25) is 4.79 Å². The summed E-state index contributed by atoms with van der Waals surface area (Å²) in [7, 11) is 1.92. The van der Waals surface area contributed by atoms with Gasteiger partial charge in [0, 0.05) is 0 Å². The van der Waals surface area contributed by atoms with Crippen molar-refractivity contribution in [2.24, 2.45) is 0 Å². The largest absolute Gasteiger partial charge is 0.482 e. The molecule has 0 spiro atoms. The van der Waals surface area contributed by atoms with Crippen molar-refractivity contribution >= 4 is 11.6 Å². The molecule has 3 rings (SSSR count). The molecular formula is C16H16N2O2. The number of rotatable bonds is 3. The topological polar surface area (TPSA) is 50.4 Å². The van der Waals surface area contributed by atoms with E-state index in [1.54, 1.807) is 0 Å². The summed E-state index contributed by atoms with van der Waals surface area (Å²) in [6.07, 6.45) is 0. The van der Waals surface area contributed by atoms with Gasteiger partial charge in [-0.05, 0) is 30.3 Å². The van der Waals surface area contributed by atoms with Crippen molar-refractivity contribution in [3.8, 4) is 5.75 Å². The van der Waals surface area contributed by atoms with Crippen molar-refractivity contribution in [2.75, 3.05) is 19.0 Å². The Bertz CT molecular complexity index is 626. The molecule has 1 unspecified atom stereocenters. The molecule has 4 nitrogen and oxygen atoms in total. The summed E-state index contributed by atoms with van der Waals surface area (Å²) >= 11 is 0. The summed E-state index contributed by atoms with van der Waals surface area (Å²) in [6.45, 7) is 0.0838. The standard InChI is InChI=1S/C16H16N2O2/c1-17-16(11-5-3-2-4-6-11)12-7-8-14-13(9-12)18-15(19)10-20-14/h2-9,16-17H,10H2,1H3,(H,18,19). The van der Waals surface area contributed by atoms with Gasteiger partial charge in [0.15, 0.2) is 6.61 Å². The molecule has 1 amide bonds. The van der Waals surface area contributed by atoms with Crippen LogP contribution in [0.2, 0.25) is 0 Å². The maximum absolute atomic E-state index is 11.4. The minimum absolute atomic E-state index is 0.0836. The van der Waals surface area contributed by atoms with Crippen molar-refractivity contribution < 1.29 is 9.53 Å².